The molecule has 0 aromatic carbocycles. The second-order valence-electron chi connectivity index (χ2n) is 3.59. The number of aromatic amines is 1. The van der Waals surface area contributed by atoms with Gasteiger partial charge in [0.25, 0.3) is 5.56 Å². The number of nitrogens with one attached hydrogen (secondary N) is 1. The predicted octanol–water partition coefficient (Wildman–Crippen LogP) is 2.36. The van der Waals surface area contributed by atoms with E-state index < -0.39 is 23.3 Å². The number of carbonyl (C=O) groups is 1. The van der Waals surface area contributed by atoms with Crippen LogP contribution in [-0.2, 0) is 15.7 Å². The lowest BCUT2D eigenvalue weighted by molar-refractivity contribution is -0.142. The first-order valence-electron chi connectivity index (χ1n) is 5.46. The Morgan fingerprint density at radius 3 is 2.74 bits per heavy atom. The Morgan fingerprint density at radius 1 is 1.47 bits per heavy atom. The van der Waals surface area contributed by atoms with Crippen molar-refractivity contribution in [2.24, 2.45) is 0 Å². The molecule has 0 aliphatic heterocycles. The summed E-state index contributed by atoms with van der Waals surface area (Å²) in [5.41, 5.74) is -2.32. The van der Waals surface area contributed by atoms with Gasteiger partial charge in [0.2, 0.25) is 0 Å². The first-order chi connectivity index (χ1) is 8.84. The van der Waals surface area contributed by atoms with Crippen molar-refractivity contribution in [1.82, 2.24) is 4.98 Å². The molecule has 1 aromatic heterocycles. The largest absolute Gasteiger partial charge is 0.466 e. The van der Waals surface area contributed by atoms with Crippen LogP contribution < -0.4 is 5.56 Å². The number of carbonyl (C=O) groups excluding carboxylic acids is 1. The third-order valence-electron chi connectivity index (χ3n) is 2.13. The third-order valence-corrected chi connectivity index (χ3v) is 2.13. The van der Waals surface area contributed by atoms with Gasteiger partial charge >= 0.3 is 12.1 Å². The first-order valence-corrected chi connectivity index (χ1v) is 5.46. The van der Waals surface area contributed by atoms with Crippen molar-refractivity contribution in [2.45, 2.75) is 19.5 Å². The zero-order chi connectivity index (χ0) is 14.5. The first kappa shape index (κ1) is 15.0. The van der Waals surface area contributed by atoms with Crippen LogP contribution in [0.3, 0.4) is 0 Å². The number of ether oxygens (including phenoxy) is 1. The van der Waals surface area contributed by atoms with Crippen molar-refractivity contribution in [3.63, 3.8) is 0 Å². The molecule has 0 spiro atoms. The summed E-state index contributed by atoms with van der Waals surface area (Å²) in [7, 11) is 0. The lowest BCUT2D eigenvalue weighted by Crippen LogP contribution is -2.21. The maximum absolute atomic E-state index is 12.5. The SMILES string of the molecule is CCOC(=O)CC=Cc1c[nH]c(=O)c(C(F)(F)F)c1. The van der Waals surface area contributed by atoms with E-state index in [0.717, 1.165) is 12.3 Å². The van der Waals surface area contributed by atoms with Gasteiger partial charge in [-0.3, -0.25) is 9.59 Å². The van der Waals surface area contributed by atoms with Crippen molar-refractivity contribution < 1.29 is 22.7 Å². The van der Waals surface area contributed by atoms with Crippen LogP contribution in [-0.4, -0.2) is 17.6 Å². The van der Waals surface area contributed by atoms with Crippen LogP contribution in [0.4, 0.5) is 13.2 Å². The normalized spacial score (nSPS) is 11.8. The number of aromatic nitrogens is 1. The quantitative estimate of drug-likeness (QED) is 0.858. The number of halogens is 3. The molecule has 0 aliphatic rings. The van der Waals surface area contributed by atoms with Gasteiger partial charge in [0, 0.05) is 6.20 Å². The number of hydrogen-bond donors (Lipinski definition) is 1. The highest BCUT2D eigenvalue weighted by molar-refractivity contribution is 5.72. The number of H-pyrrole nitrogens is 1. The number of rotatable bonds is 4. The predicted molar refractivity (Wildman–Crippen MR) is 62.3 cm³/mol. The lowest BCUT2D eigenvalue weighted by atomic mass is 10.2. The van der Waals surface area contributed by atoms with Gasteiger partial charge in [0.05, 0.1) is 13.0 Å². The molecule has 7 heteroatoms. The highest BCUT2D eigenvalue weighted by Crippen LogP contribution is 2.26. The van der Waals surface area contributed by atoms with Crippen molar-refractivity contribution in [1.29, 1.82) is 0 Å². The number of alkyl halides is 3. The summed E-state index contributed by atoms with van der Waals surface area (Å²) in [6.45, 7) is 1.89. The molecule has 104 valence electrons. The van der Waals surface area contributed by atoms with E-state index in [1.165, 1.54) is 12.2 Å². The van der Waals surface area contributed by atoms with E-state index >= 15 is 0 Å². The molecule has 0 atom stereocenters. The minimum Gasteiger partial charge on any atom is -0.466 e. The monoisotopic (exact) mass is 275 g/mol. The summed E-state index contributed by atoms with van der Waals surface area (Å²) in [6, 6.07) is 0.723. The van der Waals surface area contributed by atoms with E-state index in [4.69, 9.17) is 0 Å². The average molecular weight is 275 g/mol. The van der Waals surface area contributed by atoms with Crippen LogP contribution in [0.5, 0.6) is 0 Å². The standard InChI is InChI=1S/C12H12F3NO3/c1-2-19-10(17)5-3-4-8-6-9(12(13,14)15)11(18)16-7-8/h3-4,6-7H,2,5H2,1H3,(H,16,18). The van der Waals surface area contributed by atoms with Gasteiger partial charge in [-0.25, -0.2) is 0 Å². The summed E-state index contributed by atoms with van der Waals surface area (Å²) in [5.74, 6) is -0.473. The molecule has 0 bridgehead atoms. The Bertz CT molecular complexity index is 532. The molecule has 1 rings (SSSR count). The molecule has 1 heterocycles. The molecule has 1 N–H and O–H groups in total. The van der Waals surface area contributed by atoms with Crippen molar-refractivity contribution in [2.75, 3.05) is 6.61 Å². The van der Waals surface area contributed by atoms with Crippen LogP contribution in [0.2, 0.25) is 0 Å². The molecule has 0 saturated heterocycles. The molecule has 0 amide bonds. The fraction of sp³-hybridized carbons (Fsp3) is 0.333. The molecule has 0 unspecified atom stereocenters. The number of pyridine rings is 1. The van der Waals surface area contributed by atoms with Gasteiger partial charge in [0.1, 0.15) is 5.56 Å². The molecule has 19 heavy (non-hydrogen) atoms. The molecule has 0 aliphatic carbocycles. The van der Waals surface area contributed by atoms with Gasteiger partial charge < -0.3 is 9.72 Å². The third kappa shape index (κ3) is 4.61. The van der Waals surface area contributed by atoms with Crippen LogP contribution in [0, 0.1) is 0 Å². The van der Waals surface area contributed by atoms with Gasteiger partial charge in [-0.05, 0) is 18.6 Å². The summed E-state index contributed by atoms with van der Waals surface area (Å²) in [5, 5.41) is 0. The molecular formula is C12H12F3NO3. The average Bonchev–Trinajstić information content (AvgIpc) is 2.30. The molecule has 1 aromatic rings. The van der Waals surface area contributed by atoms with Crippen molar-refractivity contribution in [3.05, 3.63) is 39.8 Å². The summed E-state index contributed by atoms with van der Waals surface area (Å²) in [4.78, 5) is 24.0. The summed E-state index contributed by atoms with van der Waals surface area (Å²) < 4.78 is 42.0. The second kappa shape index (κ2) is 6.21. The van der Waals surface area contributed by atoms with Gasteiger partial charge in [-0.1, -0.05) is 12.2 Å². The van der Waals surface area contributed by atoms with Crippen LogP contribution in [0.1, 0.15) is 24.5 Å². The maximum Gasteiger partial charge on any atom is 0.421 e. The molecule has 4 nitrogen and oxygen atoms in total. The van der Waals surface area contributed by atoms with Gasteiger partial charge in [-0.15, -0.1) is 0 Å². The van der Waals surface area contributed by atoms with E-state index in [9.17, 15) is 22.8 Å². The maximum atomic E-state index is 12.5. The minimum atomic E-state index is -4.71. The Morgan fingerprint density at radius 2 is 2.16 bits per heavy atom. The highest BCUT2D eigenvalue weighted by Gasteiger charge is 2.33. The highest BCUT2D eigenvalue weighted by atomic mass is 19.4. The summed E-state index contributed by atoms with van der Waals surface area (Å²) >= 11 is 0. The van der Waals surface area contributed by atoms with Crippen molar-refractivity contribution in [3.8, 4) is 0 Å². The Labute approximate surface area is 106 Å². The molecule has 0 radical (unpaired) electrons. The van der Waals surface area contributed by atoms with Crippen LogP contribution >= 0.6 is 0 Å². The van der Waals surface area contributed by atoms with Gasteiger partial charge in [-0.2, -0.15) is 13.2 Å². The Hall–Kier alpha value is -2.05. The van der Waals surface area contributed by atoms with E-state index in [2.05, 4.69) is 4.74 Å². The Kier molecular flexibility index (Phi) is 4.91. The topological polar surface area (TPSA) is 59.2 Å². The second-order valence-corrected chi connectivity index (χ2v) is 3.59. The van der Waals surface area contributed by atoms with E-state index in [-0.39, 0.29) is 18.6 Å². The van der Waals surface area contributed by atoms with E-state index in [0.29, 0.717) is 0 Å². The fourth-order valence-corrected chi connectivity index (χ4v) is 1.32. The summed E-state index contributed by atoms with van der Waals surface area (Å²) in [6.07, 6.45) is -0.944. The zero-order valence-electron chi connectivity index (χ0n) is 10.1. The van der Waals surface area contributed by atoms with E-state index in [1.807, 2.05) is 4.98 Å². The van der Waals surface area contributed by atoms with Crippen molar-refractivity contribution >= 4 is 12.0 Å². The lowest BCUT2D eigenvalue weighted by Gasteiger charge is -2.05. The van der Waals surface area contributed by atoms with Crippen LogP contribution in [0.15, 0.2) is 23.1 Å². The van der Waals surface area contributed by atoms with Crippen LogP contribution in [0.25, 0.3) is 6.08 Å². The molecule has 0 fully saturated rings. The number of esters is 1. The smallest absolute Gasteiger partial charge is 0.421 e. The number of hydrogen-bond acceptors (Lipinski definition) is 3. The molecular weight excluding hydrogens is 263 g/mol. The minimum absolute atomic E-state index is 0.0473. The Balaban J connectivity index is 2.83. The van der Waals surface area contributed by atoms with Gasteiger partial charge in [0.15, 0.2) is 0 Å². The fourth-order valence-electron chi connectivity index (χ4n) is 1.32. The van der Waals surface area contributed by atoms with E-state index in [1.54, 1.807) is 6.92 Å². The zero-order valence-corrected chi connectivity index (χ0v) is 10.1. The molecule has 0 saturated carbocycles.